The molecule has 5 nitrogen and oxygen atoms in total. The van der Waals surface area contributed by atoms with Crippen LogP contribution in [-0.2, 0) is 0 Å². The van der Waals surface area contributed by atoms with Gasteiger partial charge in [-0.05, 0) is 59.0 Å². The van der Waals surface area contributed by atoms with Crippen molar-refractivity contribution in [2.45, 2.75) is 0 Å². The summed E-state index contributed by atoms with van der Waals surface area (Å²) in [6.07, 6.45) is 0. The van der Waals surface area contributed by atoms with Crippen LogP contribution >= 0.6 is 22.6 Å². The maximum absolute atomic E-state index is 10.8. The van der Waals surface area contributed by atoms with E-state index in [1.54, 1.807) is 18.2 Å². The molecule has 0 N–H and O–H groups in total. The predicted molar refractivity (Wildman–Crippen MR) is 77.0 cm³/mol. The van der Waals surface area contributed by atoms with Gasteiger partial charge in [0.05, 0.1) is 11.0 Å². The van der Waals surface area contributed by atoms with E-state index in [0.29, 0.717) is 11.5 Å². The van der Waals surface area contributed by atoms with E-state index in [0.717, 1.165) is 3.57 Å². The summed E-state index contributed by atoms with van der Waals surface area (Å²) < 4.78 is 6.57. The van der Waals surface area contributed by atoms with Crippen LogP contribution in [0, 0.1) is 25.0 Å². The van der Waals surface area contributed by atoms with Gasteiger partial charge in [-0.2, -0.15) is 5.26 Å². The molecule has 0 radical (unpaired) electrons. The van der Waals surface area contributed by atoms with Crippen molar-refractivity contribution in [2.75, 3.05) is 0 Å². The summed E-state index contributed by atoms with van der Waals surface area (Å²) in [5.74, 6) is 0.909. The highest BCUT2D eigenvalue weighted by Crippen LogP contribution is 2.28. The van der Waals surface area contributed by atoms with Gasteiger partial charge in [0.25, 0.3) is 5.69 Å². The number of nitrogens with zero attached hydrogens (tertiary/aromatic N) is 2. The van der Waals surface area contributed by atoms with Gasteiger partial charge in [-0.15, -0.1) is 0 Å². The molecule has 0 fully saturated rings. The van der Waals surface area contributed by atoms with Crippen molar-refractivity contribution in [3.63, 3.8) is 0 Å². The van der Waals surface area contributed by atoms with Gasteiger partial charge in [0.15, 0.2) is 0 Å². The highest BCUT2D eigenvalue weighted by molar-refractivity contribution is 14.1. The molecule has 0 aliphatic rings. The molecule has 0 aliphatic carbocycles. The number of nitriles is 1. The van der Waals surface area contributed by atoms with Gasteiger partial charge in [0, 0.05) is 3.57 Å². The van der Waals surface area contributed by atoms with Crippen LogP contribution in [0.5, 0.6) is 11.5 Å². The van der Waals surface area contributed by atoms with Gasteiger partial charge in [0.2, 0.25) is 0 Å². The Morgan fingerprint density at radius 3 is 2.37 bits per heavy atom. The number of hydrogen-bond donors (Lipinski definition) is 0. The third-order valence-corrected chi connectivity index (χ3v) is 3.05. The molecule has 0 saturated heterocycles. The van der Waals surface area contributed by atoms with Crippen molar-refractivity contribution >= 4 is 28.3 Å². The summed E-state index contributed by atoms with van der Waals surface area (Å²) in [5.41, 5.74) is -0.245. The Labute approximate surface area is 122 Å². The van der Waals surface area contributed by atoms with Crippen LogP contribution in [0.15, 0.2) is 42.5 Å². The monoisotopic (exact) mass is 366 g/mol. The molecule has 0 spiro atoms. The molecule has 0 atom stereocenters. The Morgan fingerprint density at radius 1 is 1.16 bits per heavy atom. The first kappa shape index (κ1) is 13.3. The first-order chi connectivity index (χ1) is 9.10. The third kappa shape index (κ3) is 3.20. The zero-order valence-electron chi connectivity index (χ0n) is 9.54. The van der Waals surface area contributed by atoms with Gasteiger partial charge in [-0.25, -0.2) is 0 Å². The summed E-state index contributed by atoms with van der Waals surface area (Å²) in [5, 5.41) is 19.6. The first-order valence-electron chi connectivity index (χ1n) is 5.22. The van der Waals surface area contributed by atoms with Gasteiger partial charge in [-0.1, -0.05) is 0 Å². The molecule has 6 heteroatoms. The quantitative estimate of drug-likeness (QED) is 0.470. The molecule has 0 heterocycles. The second-order valence-corrected chi connectivity index (χ2v) is 4.85. The lowest BCUT2D eigenvalue weighted by Crippen LogP contribution is -1.93. The number of hydrogen-bond acceptors (Lipinski definition) is 4. The van der Waals surface area contributed by atoms with Gasteiger partial charge in [-0.3, -0.25) is 10.1 Å². The van der Waals surface area contributed by atoms with E-state index < -0.39 is 4.92 Å². The van der Waals surface area contributed by atoms with Crippen LogP contribution in [0.25, 0.3) is 0 Å². The predicted octanol–water partition coefficient (Wildman–Crippen LogP) is 3.86. The normalized spacial score (nSPS) is 9.68. The lowest BCUT2D eigenvalue weighted by atomic mass is 10.2. The second kappa shape index (κ2) is 5.67. The van der Waals surface area contributed by atoms with Crippen molar-refractivity contribution < 1.29 is 9.66 Å². The lowest BCUT2D eigenvalue weighted by Gasteiger charge is -2.05. The van der Waals surface area contributed by atoms with Gasteiger partial charge >= 0.3 is 0 Å². The summed E-state index contributed by atoms with van der Waals surface area (Å²) >= 11 is 2.17. The van der Waals surface area contributed by atoms with Crippen LogP contribution in [0.3, 0.4) is 0 Å². The standard InChI is InChI=1S/C13H7IN2O3/c14-10-2-5-11(6-3-10)19-12-4-1-9(8-15)13(7-12)16(17)18/h1-7H. The Balaban J connectivity index is 2.31. The molecule has 0 amide bonds. The minimum Gasteiger partial charge on any atom is -0.457 e. The number of halogens is 1. The van der Waals surface area contributed by atoms with Gasteiger partial charge < -0.3 is 4.74 Å². The van der Waals surface area contributed by atoms with E-state index >= 15 is 0 Å². The maximum atomic E-state index is 10.8. The van der Waals surface area contributed by atoms with Crippen LogP contribution in [-0.4, -0.2) is 4.92 Å². The molecule has 2 rings (SSSR count). The fourth-order valence-corrected chi connectivity index (χ4v) is 1.82. The van der Waals surface area contributed by atoms with Crippen molar-refractivity contribution in [3.8, 4) is 17.6 Å². The fraction of sp³-hybridized carbons (Fsp3) is 0. The molecule has 0 unspecified atom stereocenters. The van der Waals surface area contributed by atoms with Crippen molar-refractivity contribution in [2.24, 2.45) is 0 Å². The Hall–Kier alpha value is -2.14. The molecule has 0 aromatic heterocycles. The van der Waals surface area contributed by atoms with Crippen LogP contribution in [0.2, 0.25) is 0 Å². The summed E-state index contributed by atoms with van der Waals surface area (Å²) in [6.45, 7) is 0. The molecular formula is C13H7IN2O3. The van der Waals surface area contributed by atoms with Crippen molar-refractivity contribution in [1.82, 2.24) is 0 Å². The fourth-order valence-electron chi connectivity index (χ4n) is 1.46. The van der Waals surface area contributed by atoms with E-state index in [1.165, 1.54) is 18.2 Å². The third-order valence-electron chi connectivity index (χ3n) is 2.34. The maximum Gasteiger partial charge on any atom is 0.290 e. The molecule has 0 aliphatic heterocycles. The molecule has 0 bridgehead atoms. The topological polar surface area (TPSA) is 76.2 Å². The number of benzene rings is 2. The molecule has 19 heavy (non-hydrogen) atoms. The van der Waals surface area contributed by atoms with Crippen molar-refractivity contribution in [3.05, 3.63) is 61.7 Å². The van der Waals surface area contributed by atoms with E-state index in [-0.39, 0.29) is 11.3 Å². The van der Waals surface area contributed by atoms with Crippen LogP contribution < -0.4 is 4.74 Å². The Morgan fingerprint density at radius 2 is 1.79 bits per heavy atom. The average Bonchev–Trinajstić information content (AvgIpc) is 2.41. The molecule has 2 aromatic rings. The highest BCUT2D eigenvalue weighted by atomic mass is 127. The Kier molecular flexibility index (Phi) is 3.97. The van der Waals surface area contributed by atoms with E-state index in [2.05, 4.69) is 22.6 Å². The average molecular weight is 366 g/mol. The minimum absolute atomic E-state index is 0.0139. The zero-order chi connectivity index (χ0) is 13.8. The summed E-state index contributed by atoms with van der Waals surface area (Å²) in [7, 11) is 0. The second-order valence-electron chi connectivity index (χ2n) is 3.60. The number of ether oxygens (including phenoxy) is 1. The van der Waals surface area contributed by atoms with Crippen LogP contribution in [0.1, 0.15) is 5.56 Å². The molecule has 2 aromatic carbocycles. The SMILES string of the molecule is N#Cc1ccc(Oc2ccc(I)cc2)cc1[N+](=O)[O-]. The molecular weight excluding hydrogens is 359 g/mol. The molecule has 0 saturated carbocycles. The van der Waals surface area contributed by atoms with Crippen molar-refractivity contribution in [1.29, 1.82) is 5.26 Å². The highest BCUT2D eigenvalue weighted by Gasteiger charge is 2.15. The zero-order valence-corrected chi connectivity index (χ0v) is 11.7. The van der Waals surface area contributed by atoms with Gasteiger partial charge in [0.1, 0.15) is 23.1 Å². The Bertz CT molecular complexity index is 663. The van der Waals surface area contributed by atoms with E-state index in [1.807, 2.05) is 12.1 Å². The lowest BCUT2D eigenvalue weighted by molar-refractivity contribution is -0.385. The smallest absolute Gasteiger partial charge is 0.290 e. The summed E-state index contributed by atoms with van der Waals surface area (Å²) in [6, 6.07) is 13.2. The minimum atomic E-state index is -0.598. The van der Waals surface area contributed by atoms with E-state index in [9.17, 15) is 10.1 Å². The first-order valence-corrected chi connectivity index (χ1v) is 6.30. The number of rotatable bonds is 3. The van der Waals surface area contributed by atoms with Crippen LogP contribution in [0.4, 0.5) is 5.69 Å². The molecule has 94 valence electrons. The van der Waals surface area contributed by atoms with E-state index in [4.69, 9.17) is 10.00 Å². The summed E-state index contributed by atoms with van der Waals surface area (Å²) in [4.78, 5) is 10.2. The number of nitro benzene ring substituents is 1. The number of nitro groups is 1. The largest absolute Gasteiger partial charge is 0.457 e.